The van der Waals surface area contributed by atoms with Crippen LogP contribution in [0.2, 0.25) is 0 Å². The lowest BCUT2D eigenvalue weighted by atomic mass is 10.1. The number of rotatable bonds is 3. The number of hydrogen-bond donors (Lipinski definition) is 1. The lowest BCUT2D eigenvalue weighted by Gasteiger charge is -2.16. The van der Waals surface area contributed by atoms with E-state index in [1.165, 1.54) is 4.90 Å². The summed E-state index contributed by atoms with van der Waals surface area (Å²) in [4.78, 5) is 27.0. The molecule has 0 aromatic carbocycles. The van der Waals surface area contributed by atoms with Crippen LogP contribution < -0.4 is 0 Å². The van der Waals surface area contributed by atoms with Crippen molar-refractivity contribution >= 4 is 11.9 Å². The van der Waals surface area contributed by atoms with Crippen LogP contribution in [0.1, 0.15) is 23.2 Å². The summed E-state index contributed by atoms with van der Waals surface area (Å²) in [6.45, 7) is 0.592. The van der Waals surface area contributed by atoms with Crippen molar-refractivity contribution < 1.29 is 23.5 Å². The molecule has 0 radical (unpaired) electrons. The lowest BCUT2D eigenvalue weighted by molar-refractivity contribution is -0.138. The molecule has 0 saturated carbocycles. The van der Waals surface area contributed by atoms with E-state index in [1.807, 2.05) is 0 Å². The van der Waals surface area contributed by atoms with Gasteiger partial charge in [0.15, 0.2) is 5.82 Å². The number of aromatic nitrogens is 1. The number of carboxylic acid groups (broad SMARTS) is 1. The monoisotopic (exact) mass is 270 g/mol. The number of hydrogen-bond acceptors (Lipinski definition) is 3. The van der Waals surface area contributed by atoms with Crippen molar-refractivity contribution in [2.24, 2.45) is 5.92 Å². The maximum atomic E-state index is 13.4. The van der Waals surface area contributed by atoms with E-state index in [0.29, 0.717) is 13.0 Å². The van der Waals surface area contributed by atoms with Crippen LogP contribution in [0.3, 0.4) is 0 Å². The number of nitrogens with zero attached hydrogens (tertiary/aromatic N) is 2. The normalized spacial score (nSPS) is 18.6. The van der Waals surface area contributed by atoms with Gasteiger partial charge in [-0.1, -0.05) is 0 Å². The van der Waals surface area contributed by atoms with Gasteiger partial charge in [-0.25, -0.2) is 9.37 Å². The van der Waals surface area contributed by atoms with Crippen molar-refractivity contribution in [1.29, 1.82) is 0 Å². The molecule has 1 aliphatic heterocycles. The third kappa shape index (κ3) is 2.86. The van der Waals surface area contributed by atoms with Gasteiger partial charge in [-0.2, -0.15) is 4.39 Å². The molecule has 19 heavy (non-hydrogen) atoms. The second-order valence-electron chi connectivity index (χ2n) is 4.47. The summed E-state index contributed by atoms with van der Waals surface area (Å²) in [5.74, 6) is -4.29. The predicted molar refractivity (Wildman–Crippen MR) is 60.4 cm³/mol. The summed E-state index contributed by atoms with van der Waals surface area (Å²) in [6.07, 6.45) is 1.54. The second-order valence-corrected chi connectivity index (χ2v) is 4.47. The third-order valence-electron chi connectivity index (χ3n) is 3.11. The first kappa shape index (κ1) is 13.4. The number of amides is 1. The Morgan fingerprint density at radius 3 is 2.89 bits per heavy atom. The fraction of sp³-hybridized carbons (Fsp3) is 0.417. The molecular formula is C12H12F2N2O3. The van der Waals surface area contributed by atoms with Gasteiger partial charge < -0.3 is 10.0 Å². The predicted octanol–water partition coefficient (Wildman–Crippen LogP) is 1.30. The van der Waals surface area contributed by atoms with Crippen molar-refractivity contribution in [3.8, 4) is 0 Å². The van der Waals surface area contributed by atoms with E-state index in [4.69, 9.17) is 5.11 Å². The summed E-state index contributed by atoms with van der Waals surface area (Å²) < 4.78 is 26.4. The molecule has 1 aliphatic rings. The second kappa shape index (κ2) is 5.29. The van der Waals surface area contributed by atoms with Crippen molar-refractivity contribution in [3.63, 3.8) is 0 Å². The van der Waals surface area contributed by atoms with E-state index in [1.54, 1.807) is 0 Å². The maximum Gasteiger partial charge on any atom is 0.303 e. The van der Waals surface area contributed by atoms with Gasteiger partial charge in [0.1, 0.15) is 0 Å². The highest BCUT2D eigenvalue weighted by atomic mass is 19.2. The minimum Gasteiger partial charge on any atom is -0.481 e. The summed E-state index contributed by atoms with van der Waals surface area (Å²) in [5.41, 5.74) is -0.372. The summed E-state index contributed by atoms with van der Waals surface area (Å²) in [7, 11) is 0. The molecule has 7 heteroatoms. The Labute approximate surface area is 107 Å². The average Bonchev–Trinajstić information content (AvgIpc) is 2.79. The van der Waals surface area contributed by atoms with Crippen LogP contribution in [0.5, 0.6) is 0 Å². The summed E-state index contributed by atoms with van der Waals surface area (Å²) in [5, 5.41) is 8.67. The van der Waals surface area contributed by atoms with Gasteiger partial charge in [0, 0.05) is 25.7 Å². The van der Waals surface area contributed by atoms with Gasteiger partial charge in [0.25, 0.3) is 5.91 Å². The van der Waals surface area contributed by atoms with Gasteiger partial charge in [0.05, 0.1) is 5.56 Å². The zero-order chi connectivity index (χ0) is 14.0. The lowest BCUT2D eigenvalue weighted by Crippen LogP contribution is -2.30. The molecular weight excluding hydrogens is 258 g/mol. The SMILES string of the molecule is O=C(O)CC1CCN(C(=O)c2ccnc(F)c2F)C1. The van der Waals surface area contributed by atoms with Crippen LogP contribution in [0, 0.1) is 17.7 Å². The van der Waals surface area contributed by atoms with Crippen LogP contribution in [0.15, 0.2) is 12.3 Å². The number of carbonyl (C=O) groups excluding carboxylic acids is 1. The Bertz CT molecular complexity index is 522. The van der Waals surface area contributed by atoms with Crippen molar-refractivity contribution in [2.45, 2.75) is 12.8 Å². The molecule has 2 heterocycles. The van der Waals surface area contributed by atoms with Gasteiger partial charge in [0.2, 0.25) is 5.95 Å². The fourth-order valence-electron chi connectivity index (χ4n) is 2.18. The molecule has 1 atom stereocenters. The van der Waals surface area contributed by atoms with Crippen LogP contribution in [0.25, 0.3) is 0 Å². The average molecular weight is 270 g/mol. The van der Waals surface area contributed by atoms with E-state index < -0.39 is 23.6 Å². The van der Waals surface area contributed by atoms with Gasteiger partial charge in [-0.05, 0) is 18.4 Å². The molecule has 5 nitrogen and oxygen atoms in total. The first-order valence-corrected chi connectivity index (χ1v) is 5.80. The zero-order valence-electron chi connectivity index (χ0n) is 9.97. The smallest absolute Gasteiger partial charge is 0.303 e. The molecule has 2 rings (SSSR count). The number of pyridine rings is 1. The molecule has 1 unspecified atom stereocenters. The van der Waals surface area contributed by atoms with Crippen molar-refractivity contribution in [3.05, 3.63) is 29.6 Å². The molecule has 0 bridgehead atoms. The number of likely N-dealkylation sites (tertiary alicyclic amines) is 1. The van der Waals surface area contributed by atoms with E-state index in [0.717, 1.165) is 12.3 Å². The quantitative estimate of drug-likeness (QED) is 0.840. The number of halogens is 2. The van der Waals surface area contributed by atoms with Crippen molar-refractivity contribution in [1.82, 2.24) is 9.88 Å². The molecule has 1 saturated heterocycles. The molecule has 1 N–H and O–H groups in total. The van der Waals surface area contributed by atoms with E-state index in [-0.39, 0.29) is 24.4 Å². The minimum absolute atomic E-state index is 0.0308. The van der Waals surface area contributed by atoms with Gasteiger partial charge in [-0.15, -0.1) is 0 Å². The standard InChI is InChI=1S/C12H12F2N2O3/c13-10-8(1-3-15-11(10)14)12(19)16-4-2-7(6-16)5-9(17)18/h1,3,7H,2,4-6H2,(H,17,18). The summed E-state index contributed by atoms with van der Waals surface area (Å²) in [6, 6.07) is 1.12. The van der Waals surface area contributed by atoms with Gasteiger partial charge in [-0.3, -0.25) is 9.59 Å². The maximum absolute atomic E-state index is 13.4. The largest absolute Gasteiger partial charge is 0.481 e. The van der Waals surface area contributed by atoms with Crippen LogP contribution in [0.4, 0.5) is 8.78 Å². The molecule has 1 amide bonds. The van der Waals surface area contributed by atoms with E-state index in [2.05, 4.69) is 4.98 Å². The first-order valence-electron chi connectivity index (χ1n) is 5.80. The zero-order valence-corrected chi connectivity index (χ0v) is 9.97. The Morgan fingerprint density at radius 1 is 1.47 bits per heavy atom. The van der Waals surface area contributed by atoms with Crippen molar-refractivity contribution in [2.75, 3.05) is 13.1 Å². The molecule has 1 fully saturated rings. The van der Waals surface area contributed by atoms with E-state index >= 15 is 0 Å². The highest BCUT2D eigenvalue weighted by Crippen LogP contribution is 2.22. The highest BCUT2D eigenvalue weighted by molar-refractivity contribution is 5.94. The molecule has 0 aliphatic carbocycles. The van der Waals surface area contributed by atoms with Crippen LogP contribution >= 0.6 is 0 Å². The van der Waals surface area contributed by atoms with Crippen LogP contribution in [-0.2, 0) is 4.79 Å². The Balaban J connectivity index is 2.09. The third-order valence-corrected chi connectivity index (χ3v) is 3.11. The van der Waals surface area contributed by atoms with E-state index in [9.17, 15) is 18.4 Å². The molecule has 0 spiro atoms. The number of aliphatic carboxylic acids is 1. The van der Waals surface area contributed by atoms with Crippen LogP contribution in [-0.4, -0.2) is 40.0 Å². The van der Waals surface area contributed by atoms with Gasteiger partial charge >= 0.3 is 5.97 Å². The highest BCUT2D eigenvalue weighted by Gasteiger charge is 2.30. The Morgan fingerprint density at radius 2 is 2.21 bits per heavy atom. The fourth-order valence-corrected chi connectivity index (χ4v) is 2.18. The Kier molecular flexibility index (Phi) is 3.73. The Hall–Kier alpha value is -2.05. The first-order chi connectivity index (χ1) is 8.99. The molecule has 102 valence electrons. The number of carboxylic acids is 1. The topological polar surface area (TPSA) is 70.5 Å². The minimum atomic E-state index is -1.31. The molecule has 1 aromatic rings. The number of carbonyl (C=O) groups is 2. The summed E-state index contributed by atoms with van der Waals surface area (Å²) >= 11 is 0. The molecule has 1 aromatic heterocycles.